The van der Waals surface area contributed by atoms with Gasteiger partial charge in [0.25, 0.3) is 0 Å². The molecule has 1 unspecified atom stereocenters. The minimum absolute atomic E-state index is 0.311. The lowest BCUT2D eigenvalue weighted by atomic mass is 10.1. The molecule has 20 heavy (non-hydrogen) atoms. The number of nitrogens with one attached hydrogen (secondary N) is 1. The number of benzene rings is 1. The van der Waals surface area contributed by atoms with E-state index in [4.69, 9.17) is 5.11 Å². The smallest absolute Gasteiger partial charge is 0.337 e. The van der Waals surface area contributed by atoms with Crippen LogP contribution < -0.4 is 5.32 Å². The van der Waals surface area contributed by atoms with Gasteiger partial charge in [-0.15, -0.1) is 0 Å². The lowest BCUT2D eigenvalue weighted by molar-refractivity contribution is -0.156. The summed E-state index contributed by atoms with van der Waals surface area (Å²) in [4.78, 5) is 22.0. The summed E-state index contributed by atoms with van der Waals surface area (Å²) in [6, 6.07) is 0.852. The predicted molar refractivity (Wildman–Crippen MR) is 61.3 cm³/mol. The third kappa shape index (κ3) is 3.95. The molecule has 110 valence electrons. The minimum Gasteiger partial charge on any atom is -0.479 e. The van der Waals surface area contributed by atoms with Crippen molar-refractivity contribution in [3.8, 4) is 0 Å². The van der Waals surface area contributed by atoms with E-state index in [1.807, 2.05) is 0 Å². The maximum Gasteiger partial charge on any atom is 0.337 e. The molecule has 8 heteroatoms. The molecule has 1 rings (SSSR count). The van der Waals surface area contributed by atoms with Crippen molar-refractivity contribution in [1.29, 1.82) is 0 Å². The zero-order valence-electron chi connectivity index (χ0n) is 10.4. The van der Waals surface area contributed by atoms with Crippen molar-refractivity contribution in [2.75, 3.05) is 6.54 Å². The number of carbonyl (C=O) groups excluding carboxylic acids is 1. The van der Waals surface area contributed by atoms with Gasteiger partial charge in [-0.05, 0) is 13.0 Å². The molecule has 1 atom stereocenters. The highest BCUT2D eigenvalue weighted by atomic mass is 19.2. The first-order valence-electron chi connectivity index (χ1n) is 5.49. The van der Waals surface area contributed by atoms with Crippen LogP contribution in [0.1, 0.15) is 12.5 Å². The lowest BCUT2D eigenvalue weighted by Crippen LogP contribution is -2.46. The Balaban J connectivity index is 2.68. The zero-order valence-corrected chi connectivity index (χ0v) is 10.4. The Hall–Kier alpha value is -2.09. The van der Waals surface area contributed by atoms with E-state index in [1.165, 1.54) is 0 Å². The Morgan fingerprint density at radius 2 is 1.75 bits per heavy atom. The number of aliphatic hydroxyl groups is 1. The van der Waals surface area contributed by atoms with Gasteiger partial charge in [0, 0.05) is 11.6 Å². The van der Waals surface area contributed by atoms with Gasteiger partial charge in [0.05, 0.1) is 13.0 Å². The van der Waals surface area contributed by atoms with E-state index in [0.29, 0.717) is 12.1 Å². The predicted octanol–water partition coefficient (Wildman–Crippen LogP) is 0.598. The van der Waals surface area contributed by atoms with Gasteiger partial charge in [-0.3, -0.25) is 4.79 Å². The maximum atomic E-state index is 13.3. The molecule has 0 saturated carbocycles. The van der Waals surface area contributed by atoms with Gasteiger partial charge in [0.1, 0.15) is 5.82 Å². The summed E-state index contributed by atoms with van der Waals surface area (Å²) in [5.41, 5.74) is -2.56. The monoisotopic (exact) mass is 291 g/mol. The van der Waals surface area contributed by atoms with E-state index in [1.54, 1.807) is 0 Å². The number of carboxylic acid groups (broad SMARTS) is 1. The number of carbonyl (C=O) groups is 2. The first-order chi connectivity index (χ1) is 9.13. The van der Waals surface area contributed by atoms with Gasteiger partial charge < -0.3 is 15.5 Å². The number of hydrogen-bond donors (Lipinski definition) is 3. The van der Waals surface area contributed by atoms with Crippen LogP contribution in [-0.4, -0.2) is 34.2 Å². The summed E-state index contributed by atoms with van der Waals surface area (Å²) in [7, 11) is 0. The molecule has 0 aliphatic rings. The average Bonchev–Trinajstić information content (AvgIpc) is 2.33. The molecule has 5 nitrogen and oxygen atoms in total. The van der Waals surface area contributed by atoms with Gasteiger partial charge in [0.2, 0.25) is 5.91 Å². The van der Waals surface area contributed by atoms with Crippen molar-refractivity contribution in [2.24, 2.45) is 0 Å². The molecular formula is C12H12F3NO4. The largest absolute Gasteiger partial charge is 0.479 e. The minimum atomic E-state index is -2.18. The van der Waals surface area contributed by atoms with Crippen LogP contribution in [0.15, 0.2) is 12.1 Å². The van der Waals surface area contributed by atoms with Crippen LogP contribution in [0.2, 0.25) is 0 Å². The SMILES string of the molecule is CC(O)(CNC(=O)Cc1cc(F)c(F)cc1F)C(=O)O. The number of rotatable bonds is 5. The first kappa shape index (κ1) is 16.0. The molecule has 0 aromatic heterocycles. The zero-order chi connectivity index (χ0) is 15.5. The number of carboxylic acids is 1. The summed E-state index contributed by atoms with van der Waals surface area (Å²) in [5.74, 6) is -6.15. The molecule has 0 saturated heterocycles. The molecule has 1 amide bonds. The quantitative estimate of drug-likeness (QED) is 0.693. The molecule has 0 heterocycles. The molecule has 3 N–H and O–H groups in total. The van der Waals surface area contributed by atoms with Crippen molar-refractivity contribution in [2.45, 2.75) is 18.9 Å². The summed E-state index contributed by atoms with van der Waals surface area (Å²) in [5, 5.41) is 20.0. The molecule has 0 bridgehead atoms. The molecule has 1 aromatic rings. The van der Waals surface area contributed by atoms with Crippen LogP contribution in [0.4, 0.5) is 13.2 Å². The molecule has 1 aromatic carbocycles. The standard InChI is InChI=1S/C12H12F3NO4/c1-12(20,11(18)19)5-16-10(17)3-6-2-8(14)9(15)4-7(6)13/h2,4,20H,3,5H2,1H3,(H,16,17)(H,18,19). The van der Waals surface area contributed by atoms with Gasteiger partial charge in [-0.2, -0.15) is 0 Å². The van der Waals surface area contributed by atoms with E-state index in [2.05, 4.69) is 5.32 Å². The Bertz CT molecular complexity index is 546. The van der Waals surface area contributed by atoms with Gasteiger partial charge in [-0.25, -0.2) is 18.0 Å². The molecule has 0 fully saturated rings. The Morgan fingerprint density at radius 1 is 1.20 bits per heavy atom. The second-order valence-corrected chi connectivity index (χ2v) is 4.39. The molecular weight excluding hydrogens is 279 g/mol. The topological polar surface area (TPSA) is 86.6 Å². The van der Waals surface area contributed by atoms with Gasteiger partial charge >= 0.3 is 5.97 Å². The van der Waals surface area contributed by atoms with Gasteiger partial charge in [0.15, 0.2) is 17.2 Å². The van der Waals surface area contributed by atoms with Gasteiger partial charge in [-0.1, -0.05) is 0 Å². The second kappa shape index (κ2) is 5.91. The van der Waals surface area contributed by atoms with Crippen LogP contribution in [0.5, 0.6) is 0 Å². The molecule has 0 aliphatic carbocycles. The highest BCUT2D eigenvalue weighted by Crippen LogP contribution is 2.14. The lowest BCUT2D eigenvalue weighted by Gasteiger charge is -2.18. The molecule has 0 spiro atoms. The Morgan fingerprint density at radius 3 is 2.30 bits per heavy atom. The maximum absolute atomic E-state index is 13.3. The van der Waals surface area contributed by atoms with Crippen LogP contribution in [0, 0.1) is 17.5 Å². The van der Waals surface area contributed by atoms with Crippen LogP contribution in [0.3, 0.4) is 0 Å². The number of halogens is 3. The summed E-state index contributed by atoms with van der Waals surface area (Å²) < 4.78 is 38.8. The molecule has 0 radical (unpaired) electrons. The van der Waals surface area contributed by atoms with Crippen molar-refractivity contribution in [3.05, 3.63) is 35.1 Å². The van der Waals surface area contributed by atoms with Crippen LogP contribution >= 0.6 is 0 Å². The fraction of sp³-hybridized carbons (Fsp3) is 0.333. The fourth-order valence-corrected chi connectivity index (χ4v) is 1.28. The van der Waals surface area contributed by atoms with Crippen molar-refractivity contribution >= 4 is 11.9 Å². The number of amides is 1. The van der Waals surface area contributed by atoms with E-state index in [0.717, 1.165) is 6.92 Å². The Kier molecular flexibility index (Phi) is 4.72. The van der Waals surface area contributed by atoms with E-state index < -0.39 is 47.9 Å². The van der Waals surface area contributed by atoms with Crippen molar-refractivity contribution in [3.63, 3.8) is 0 Å². The van der Waals surface area contributed by atoms with Crippen molar-refractivity contribution < 1.29 is 33.0 Å². The second-order valence-electron chi connectivity index (χ2n) is 4.39. The third-order valence-corrected chi connectivity index (χ3v) is 2.53. The van der Waals surface area contributed by atoms with Crippen molar-refractivity contribution in [1.82, 2.24) is 5.32 Å². The highest BCUT2D eigenvalue weighted by molar-refractivity contribution is 5.81. The first-order valence-corrected chi connectivity index (χ1v) is 5.49. The van der Waals surface area contributed by atoms with E-state index in [-0.39, 0.29) is 5.56 Å². The van der Waals surface area contributed by atoms with Crippen LogP contribution in [-0.2, 0) is 16.0 Å². The summed E-state index contributed by atoms with van der Waals surface area (Å²) >= 11 is 0. The molecule has 0 aliphatic heterocycles. The number of hydrogen-bond acceptors (Lipinski definition) is 3. The summed E-state index contributed by atoms with van der Waals surface area (Å²) in [6.45, 7) is 0.361. The fourth-order valence-electron chi connectivity index (χ4n) is 1.28. The highest BCUT2D eigenvalue weighted by Gasteiger charge is 2.30. The average molecular weight is 291 g/mol. The third-order valence-electron chi connectivity index (χ3n) is 2.53. The number of aliphatic carboxylic acids is 1. The normalized spacial score (nSPS) is 13.7. The Labute approximate surface area is 112 Å². The van der Waals surface area contributed by atoms with E-state index >= 15 is 0 Å². The van der Waals surface area contributed by atoms with E-state index in [9.17, 15) is 27.9 Å². The van der Waals surface area contributed by atoms with Crippen LogP contribution in [0.25, 0.3) is 0 Å². The summed E-state index contributed by atoms with van der Waals surface area (Å²) in [6.07, 6.45) is -0.612.